The predicted octanol–water partition coefficient (Wildman–Crippen LogP) is 3.03. The van der Waals surface area contributed by atoms with E-state index in [1.165, 1.54) is 24.8 Å². The quantitative estimate of drug-likeness (QED) is 0.831. The number of halogens is 1. The van der Waals surface area contributed by atoms with Crippen molar-refractivity contribution < 1.29 is 4.79 Å². The van der Waals surface area contributed by atoms with Gasteiger partial charge in [-0.3, -0.25) is 4.79 Å². The molecule has 2 nitrogen and oxygen atoms in total. The summed E-state index contributed by atoms with van der Waals surface area (Å²) in [7, 11) is 0. The summed E-state index contributed by atoms with van der Waals surface area (Å²) in [5.74, 6) is 0.749. The highest BCUT2D eigenvalue weighted by Gasteiger charge is 2.36. The molecule has 1 heterocycles. The summed E-state index contributed by atoms with van der Waals surface area (Å²) in [6.45, 7) is 0. The Hall–Kier alpha value is -0.830. The zero-order chi connectivity index (χ0) is 10.4. The summed E-state index contributed by atoms with van der Waals surface area (Å²) >= 11 is 3.46. The standard InChI is InChI=1S/C12H12BrNO/c13-8-4-5-9-10(6-8)11(14-12(9)15)7-2-1-3-7/h4-7,11H,1-3H2,(H,14,15). The largest absolute Gasteiger partial charge is 0.345 e. The summed E-state index contributed by atoms with van der Waals surface area (Å²) in [6, 6.07) is 6.18. The zero-order valence-corrected chi connectivity index (χ0v) is 9.88. The van der Waals surface area contributed by atoms with Gasteiger partial charge in [0, 0.05) is 10.0 Å². The first-order valence-electron chi connectivity index (χ1n) is 5.36. The van der Waals surface area contributed by atoms with Crippen LogP contribution >= 0.6 is 15.9 Å². The van der Waals surface area contributed by atoms with Crippen LogP contribution in [0.3, 0.4) is 0 Å². The van der Waals surface area contributed by atoms with Gasteiger partial charge in [-0.05, 0) is 42.5 Å². The minimum atomic E-state index is 0.0920. The first-order chi connectivity index (χ1) is 7.25. The van der Waals surface area contributed by atoms with Crippen LogP contribution in [0.1, 0.15) is 41.2 Å². The molecular weight excluding hydrogens is 254 g/mol. The highest BCUT2D eigenvalue weighted by molar-refractivity contribution is 9.10. The van der Waals surface area contributed by atoms with Gasteiger partial charge < -0.3 is 5.32 Å². The molecule has 78 valence electrons. The lowest BCUT2D eigenvalue weighted by atomic mass is 9.77. The fraction of sp³-hybridized carbons (Fsp3) is 0.417. The molecule has 1 N–H and O–H groups in total. The van der Waals surface area contributed by atoms with Gasteiger partial charge in [-0.2, -0.15) is 0 Å². The second-order valence-electron chi connectivity index (χ2n) is 4.37. The molecule has 1 fully saturated rings. The molecule has 0 radical (unpaired) electrons. The first kappa shape index (κ1) is 9.40. The van der Waals surface area contributed by atoms with E-state index in [2.05, 4.69) is 27.3 Å². The third-order valence-electron chi connectivity index (χ3n) is 3.50. The maximum absolute atomic E-state index is 11.7. The van der Waals surface area contributed by atoms with Crippen LogP contribution in [0.5, 0.6) is 0 Å². The summed E-state index contributed by atoms with van der Waals surface area (Å²) in [5, 5.41) is 3.09. The maximum atomic E-state index is 11.7. The first-order valence-corrected chi connectivity index (χ1v) is 6.15. The summed E-state index contributed by atoms with van der Waals surface area (Å²) < 4.78 is 1.06. The lowest BCUT2D eigenvalue weighted by molar-refractivity contribution is 0.0932. The van der Waals surface area contributed by atoms with Gasteiger partial charge in [-0.1, -0.05) is 22.4 Å². The molecule has 0 saturated heterocycles. The van der Waals surface area contributed by atoms with Gasteiger partial charge in [-0.15, -0.1) is 0 Å². The van der Waals surface area contributed by atoms with Crippen molar-refractivity contribution in [1.29, 1.82) is 0 Å². The molecule has 1 aromatic carbocycles. The minimum Gasteiger partial charge on any atom is -0.345 e. The molecule has 0 aromatic heterocycles. The average Bonchev–Trinajstić information content (AvgIpc) is 2.41. The number of carbonyl (C=O) groups excluding carboxylic acids is 1. The molecule has 3 heteroatoms. The van der Waals surface area contributed by atoms with E-state index in [9.17, 15) is 4.79 Å². The third kappa shape index (κ3) is 1.41. The molecule has 3 rings (SSSR count). The second kappa shape index (κ2) is 3.34. The average molecular weight is 266 g/mol. The Morgan fingerprint density at radius 3 is 2.80 bits per heavy atom. The smallest absolute Gasteiger partial charge is 0.252 e. The van der Waals surface area contributed by atoms with Crippen LogP contribution in [-0.4, -0.2) is 5.91 Å². The van der Waals surface area contributed by atoms with E-state index < -0.39 is 0 Å². The van der Waals surface area contributed by atoms with Crippen molar-refractivity contribution in [2.45, 2.75) is 25.3 Å². The number of amides is 1. The number of hydrogen-bond acceptors (Lipinski definition) is 1. The number of nitrogens with one attached hydrogen (secondary N) is 1. The molecule has 1 atom stereocenters. The Kier molecular flexibility index (Phi) is 2.09. The number of hydrogen-bond donors (Lipinski definition) is 1. The van der Waals surface area contributed by atoms with Crippen molar-refractivity contribution in [1.82, 2.24) is 5.32 Å². The Labute approximate surface area is 97.2 Å². The van der Waals surface area contributed by atoms with Crippen LogP contribution in [0.4, 0.5) is 0 Å². The number of carbonyl (C=O) groups is 1. The lowest BCUT2D eigenvalue weighted by Crippen LogP contribution is -2.29. The minimum absolute atomic E-state index is 0.0920. The molecule has 0 bridgehead atoms. The van der Waals surface area contributed by atoms with E-state index in [-0.39, 0.29) is 11.9 Å². The molecule has 0 spiro atoms. The molecule has 15 heavy (non-hydrogen) atoms. The zero-order valence-electron chi connectivity index (χ0n) is 8.29. The lowest BCUT2D eigenvalue weighted by Gasteiger charge is -2.31. The normalized spacial score (nSPS) is 24.6. The van der Waals surface area contributed by atoms with Gasteiger partial charge in [0.1, 0.15) is 0 Å². The van der Waals surface area contributed by atoms with Crippen LogP contribution in [0.15, 0.2) is 22.7 Å². The molecule has 1 amide bonds. The van der Waals surface area contributed by atoms with Crippen molar-refractivity contribution in [2.75, 3.05) is 0 Å². The van der Waals surface area contributed by atoms with Gasteiger partial charge >= 0.3 is 0 Å². The Bertz CT molecular complexity index is 426. The van der Waals surface area contributed by atoms with Gasteiger partial charge in [0.2, 0.25) is 0 Å². The van der Waals surface area contributed by atoms with Crippen molar-refractivity contribution in [2.24, 2.45) is 5.92 Å². The monoisotopic (exact) mass is 265 g/mol. The second-order valence-corrected chi connectivity index (χ2v) is 5.29. The van der Waals surface area contributed by atoms with Crippen molar-refractivity contribution in [3.63, 3.8) is 0 Å². The van der Waals surface area contributed by atoms with E-state index in [0.717, 1.165) is 10.0 Å². The maximum Gasteiger partial charge on any atom is 0.252 e. The van der Waals surface area contributed by atoms with Gasteiger partial charge in [0.25, 0.3) is 5.91 Å². The van der Waals surface area contributed by atoms with Crippen LogP contribution < -0.4 is 5.32 Å². The molecule has 1 saturated carbocycles. The molecule has 2 aliphatic rings. The highest BCUT2D eigenvalue weighted by atomic mass is 79.9. The topological polar surface area (TPSA) is 29.1 Å². The number of rotatable bonds is 1. The van der Waals surface area contributed by atoms with Crippen LogP contribution in [0.2, 0.25) is 0 Å². The molecule has 1 aliphatic carbocycles. The van der Waals surface area contributed by atoms with Crippen molar-refractivity contribution in [3.05, 3.63) is 33.8 Å². The van der Waals surface area contributed by atoms with E-state index in [0.29, 0.717) is 5.92 Å². The van der Waals surface area contributed by atoms with Gasteiger partial charge in [0.15, 0.2) is 0 Å². The highest BCUT2D eigenvalue weighted by Crippen LogP contribution is 2.42. The molecule has 1 aromatic rings. The SMILES string of the molecule is O=C1NC(C2CCC2)c2cc(Br)ccc21. The number of fused-ring (bicyclic) bond motifs is 1. The molecular formula is C12H12BrNO. The fourth-order valence-electron chi connectivity index (χ4n) is 2.44. The Morgan fingerprint density at radius 1 is 1.33 bits per heavy atom. The predicted molar refractivity (Wildman–Crippen MR) is 61.7 cm³/mol. The van der Waals surface area contributed by atoms with Crippen molar-refractivity contribution >= 4 is 21.8 Å². The Balaban J connectivity index is 2.03. The Morgan fingerprint density at radius 2 is 2.13 bits per heavy atom. The van der Waals surface area contributed by atoms with E-state index in [1.54, 1.807) is 0 Å². The summed E-state index contributed by atoms with van der Waals surface area (Å²) in [5.41, 5.74) is 2.04. The van der Waals surface area contributed by atoms with E-state index in [4.69, 9.17) is 0 Å². The third-order valence-corrected chi connectivity index (χ3v) is 3.99. The van der Waals surface area contributed by atoms with E-state index >= 15 is 0 Å². The fourth-order valence-corrected chi connectivity index (χ4v) is 2.82. The molecule has 1 unspecified atom stereocenters. The summed E-state index contributed by atoms with van der Waals surface area (Å²) in [4.78, 5) is 11.7. The van der Waals surface area contributed by atoms with Crippen LogP contribution in [0.25, 0.3) is 0 Å². The van der Waals surface area contributed by atoms with Crippen LogP contribution in [0, 0.1) is 5.92 Å². The summed E-state index contributed by atoms with van der Waals surface area (Å²) in [6.07, 6.45) is 3.80. The van der Waals surface area contributed by atoms with Crippen LogP contribution in [-0.2, 0) is 0 Å². The van der Waals surface area contributed by atoms with Crippen molar-refractivity contribution in [3.8, 4) is 0 Å². The van der Waals surface area contributed by atoms with E-state index in [1.807, 2.05) is 12.1 Å². The number of benzene rings is 1. The molecule has 1 aliphatic heterocycles. The van der Waals surface area contributed by atoms with Gasteiger partial charge in [-0.25, -0.2) is 0 Å². The van der Waals surface area contributed by atoms with Gasteiger partial charge in [0.05, 0.1) is 6.04 Å².